The Labute approximate surface area is 376 Å². The van der Waals surface area contributed by atoms with Gasteiger partial charge in [-0.2, -0.15) is 0 Å². The van der Waals surface area contributed by atoms with Gasteiger partial charge in [-0.25, -0.2) is 0 Å². The van der Waals surface area contributed by atoms with Crippen molar-refractivity contribution in [1.82, 2.24) is 9.13 Å². The first kappa shape index (κ1) is 41.2. The van der Waals surface area contributed by atoms with Crippen LogP contribution in [0.4, 0.5) is 0 Å². The van der Waals surface area contributed by atoms with Crippen molar-refractivity contribution in [2.24, 2.45) is 0 Å². The summed E-state index contributed by atoms with van der Waals surface area (Å²) in [7, 11) is 0. The molecular formula is C62H50N2. The van der Waals surface area contributed by atoms with Crippen LogP contribution >= 0.6 is 0 Å². The van der Waals surface area contributed by atoms with Gasteiger partial charge in [-0.05, 0) is 95.4 Å². The first-order valence-corrected chi connectivity index (χ1v) is 21.9. The van der Waals surface area contributed by atoms with E-state index in [0.717, 1.165) is 0 Å². The number of rotatable bonds is 7. The van der Waals surface area contributed by atoms with Crippen molar-refractivity contribution < 1.29 is 0 Å². The van der Waals surface area contributed by atoms with E-state index in [9.17, 15) is 0 Å². The third-order valence-corrected chi connectivity index (χ3v) is 11.8. The molecule has 2 aromatic heterocycles. The second-order valence-electron chi connectivity index (χ2n) is 15.6. The molecule has 0 fully saturated rings. The average molecular weight is 823 g/mol. The molecule has 0 N–H and O–H groups in total. The molecule has 0 bridgehead atoms. The maximum atomic E-state index is 3.36. The maximum absolute atomic E-state index is 3.36. The normalized spacial score (nSPS) is 11.3. The first-order valence-electron chi connectivity index (χ1n) is 21.9. The van der Waals surface area contributed by atoms with Gasteiger partial charge in [0, 0.05) is 32.7 Å². The summed E-state index contributed by atoms with van der Waals surface area (Å²) >= 11 is 0. The molecule has 9 aromatic carbocycles. The molecule has 2 heteroatoms. The van der Waals surface area contributed by atoms with Crippen LogP contribution < -0.4 is 0 Å². The second-order valence-corrected chi connectivity index (χ2v) is 15.6. The number of hydrogen-bond donors (Lipinski definition) is 0. The lowest BCUT2D eigenvalue weighted by Gasteiger charge is -2.16. The number of fused-ring (bicyclic) bond motifs is 7. The monoisotopic (exact) mass is 822 g/mol. The molecule has 11 rings (SSSR count). The lowest BCUT2D eigenvalue weighted by atomic mass is 9.97. The van der Waals surface area contributed by atoms with Crippen LogP contribution in [0.15, 0.2) is 256 Å². The first-order chi connectivity index (χ1) is 31.6. The zero-order chi connectivity index (χ0) is 43.8. The summed E-state index contributed by atoms with van der Waals surface area (Å²) in [5, 5.41) is 7.50. The minimum absolute atomic E-state index is 1.18. The fourth-order valence-corrected chi connectivity index (χ4v) is 8.93. The Morgan fingerprint density at radius 1 is 0.328 bits per heavy atom. The average Bonchev–Trinajstić information content (AvgIpc) is 3.88. The van der Waals surface area contributed by atoms with Crippen LogP contribution in [0.3, 0.4) is 0 Å². The van der Waals surface area contributed by atoms with Gasteiger partial charge in [0.05, 0.1) is 33.4 Å². The molecule has 11 aromatic rings. The Balaban J connectivity index is 0.000000471. The smallest absolute Gasteiger partial charge is 0.0541 e. The third kappa shape index (κ3) is 7.79. The highest BCUT2D eigenvalue weighted by atomic mass is 15.0. The largest absolute Gasteiger partial charge is 0.309 e. The summed E-state index contributed by atoms with van der Waals surface area (Å²) in [5.41, 5.74) is 14.5. The molecule has 0 saturated heterocycles. The maximum Gasteiger partial charge on any atom is 0.0541 e. The number of hydrogen-bond acceptors (Lipinski definition) is 0. The molecule has 0 spiro atoms. The summed E-state index contributed by atoms with van der Waals surface area (Å²) < 4.78 is 4.88. The van der Waals surface area contributed by atoms with Crippen LogP contribution in [0.5, 0.6) is 0 Å². The van der Waals surface area contributed by atoms with Gasteiger partial charge in [0.2, 0.25) is 0 Å². The van der Waals surface area contributed by atoms with E-state index >= 15 is 0 Å². The fourth-order valence-electron chi connectivity index (χ4n) is 8.93. The molecule has 2 heterocycles. The van der Waals surface area contributed by atoms with Crippen molar-refractivity contribution in [3.8, 4) is 44.8 Å². The van der Waals surface area contributed by atoms with E-state index in [4.69, 9.17) is 0 Å². The van der Waals surface area contributed by atoms with Gasteiger partial charge in [-0.3, -0.25) is 0 Å². The number of para-hydroxylation sites is 4. The minimum atomic E-state index is 1.18. The zero-order valence-corrected chi connectivity index (χ0v) is 36.4. The van der Waals surface area contributed by atoms with Crippen molar-refractivity contribution in [3.05, 3.63) is 256 Å². The van der Waals surface area contributed by atoms with Crippen molar-refractivity contribution in [1.29, 1.82) is 0 Å². The quantitative estimate of drug-likeness (QED) is 0.142. The van der Waals surface area contributed by atoms with E-state index in [-0.39, 0.29) is 0 Å². The van der Waals surface area contributed by atoms with Crippen molar-refractivity contribution >= 4 is 54.4 Å². The lowest BCUT2D eigenvalue weighted by molar-refractivity contribution is 1.18. The summed E-state index contributed by atoms with van der Waals surface area (Å²) in [4.78, 5) is 0. The van der Waals surface area contributed by atoms with Crippen molar-refractivity contribution in [2.45, 2.75) is 13.8 Å². The highest BCUT2D eigenvalue weighted by Crippen LogP contribution is 2.41. The van der Waals surface area contributed by atoms with Crippen LogP contribution in [-0.2, 0) is 0 Å². The van der Waals surface area contributed by atoms with Gasteiger partial charge in [-0.15, -0.1) is 0 Å². The highest BCUT2D eigenvalue weighted by Gasteiger charge is 2.19. The summed E-state index contributed by atoms with van der Waals surface area (Å²) in [6.07, 6.45) is 11.3. The molecule has 0 amide bonds. The van der Waals surface area contributed by atoms with E-state index in [1.54, 1.807) is 12.2 Å². The molecule has 64 heavy (non-hydrogen) atoms. The van der Waals surface area contributed by atoms with E-state index < -0.39 is 0 Å². The Kier molecular flexibility index (Phi) is 12.1. The number of benzene rings is 9. The topological polar surface area (TPSA) is 9.86 Å². The second kappa shape index (κ2) is 18.8. The Bertz CT molecular complexity index is 3480. The molecule has 308 valence electrons. The van der Waals surface area contributed by atoms with Crippen LogP contribution in [0.25, 0.3) is 99.1 Å². The molecule has 0 aliphatic rings. The van der Waals surface area contributed by atoms with E-state index in [2.05, 4.69) is 229 Å². The molecule has 0 saturated carbocycles. The van der Waals surface area contributed by atoms with E-state index in [1.807, 2.05) is 38.2 Å². The zero-order valence-electron chi connectivity index (χ0n) is 36.4. The Morgan fingerprint density at radius 2 is 0.750 bits per heavy atom. The standard InChI is InChI=1S/C52H34N2.C6H10.C4H6/c1-2-15-36(16-3-1)40-20-6-10-25-47(40)53-49-27-12-8-22-43(49)45-33-37(29-31-51(45)53)38-30-32-52-46(34-38)44-23-9-13-28-50(44)54(52)48-26-11-7-21-42(48)41-24-14-18-35-17-4-5-19-39(35)41;1-3-5-6-4-2;1-3-4-2/h1-34H;3-6H,1-2H3;3-4H,1-2H2/b;5-3-,6-4-;. The Morgan fingerprint density at radius 3 is 1.31 bits per heavy atom. The van der Waals surface area contributed by atoms with E-state index in [0.29, 0.717) is 0 Å². The lowest BCUT2D eigenvalue weighted by Crippen LogP contribution is -1.97. The SMILES string of the molecule is C/C=C\C=C/C.C=CC=C.c1ccc(-c2ccccc2-n2c3ccccc3c3cc(-c4ccc5c(c4)c4ccccc4n5-c4ccccc4-c4cccc5ccccc45)ccc32)cc1. The van der Waals surface area contributed by atoms with Gasteiger partial charge >= 0.3 is 0 Å². The molecule has 0 aliphatic heterocycles. The molecule has 0 aliphatic carbocycles. The number of allylic oxidation sites excluding steroid dienone is 6. The van der Waals surface area contributed by atoms with Crippen LogP contribution in [0.2, 0.25) is 0 Å². The van der Waals surface area contributed by atoms with Gasteiger partial charge in [0.15, 0.2) is 0 Å². The van der Waals surface area contributed by atoms with Gasteiger partial charge in [0.25, 0.3) is 0 Å². The van der Waals surface area contributed by atoms with Crippen LogP contribution in [0.1, 0.15) is 13.8 Å². The van der Waals surface area contributed by atoms with Crippen LogP contribution in [0, 0.1) is 0 Å². The minimum Gasteiger partial charge on any atom is -0.309 e. The molecule has 0 atom stereocenters. The third-order valence-electron chi connectivity index (χ3n) is 11.8. The highest BCUT2D eigenvalue weighted by molar-refractivity contribution is 6.13. The fraction of sp³-hybridized carbons (Fsp3) is 0.0323. The Hall–Kier alpha value is -8.20. The predicted molar refractivity (Wildman–Crippen MR) is 279 cm³/mol. The van der Waals surface area contributed by atoms with Crippen molar-refractivity contribution in [2.75, 3.05) is 0 Å². The van der Waals surface area contributed by atoms with Gasteiger partial charge in [0.1, 0.15) is 0 Å². The van der Waals surface area contributed by atoms with Crippen LogP contribution in [-0.4, -0.2) is 9.13 Å². The summed E-state index contributed by atoms with van der Waals surface area (Å²) in [6.45, 7) is 10.7. The number of nitrogens with zero attached hydrogens (tertiary/aromatic N) is 2. The van der Waals surface area contributed by atoms with Gasteiger partial charge < -0.3 is 9.13 Å². The molecule has 2 nitrogen and oxygen atoms in total. The van der Waals surface area contributed by atoms with Gasteiger partial charge in [-0.1, -0.05) is 207 Å². The molecule has 0 unspecified atom stereocenters. The van der Waals surface area contributed by atoms with E-state index in [1.165, 1.54) is 99.1 Å². The number of aromatic nitrogens is 2. The summed E-state index contributed by atoms with van der Waals surface area (Å²) in [5.74, 6) is 0. The molecule has 0 radical (unpaired) electrons. The summed E-state index contributed by atoms with van der Waals surface area (Å²) in [6, 6.07) is 75.2. The van der Waals surface area contributed by atoms with Crippen molar-refractivity contribution in [3.63, 3.8) is 0 Å². The molecular weight excluding hydrogens is 773 g/mol. The predicted octanol–water partition coefficient (Wildman–Crippen LogP) is 17.5.